The number of aromatic nitrogens is 6. The molecule has 276 valence electrons. The summed E-state index contributed by atoms with van der Waals surface area (Å²) in [6, 6.07) is 47.5. The van der Waals surface area contributed by atoms with Gasteiger partial charge >= 0.3 is 0 Å². The van der Waals surface area contributed by atoms with Crippen molar-refractivity contribution in [3.05, 3.63) is 183 Å². The number of benzene rings is 5. The molecule has 0 atom stereocenters. The maximum absolute atomic E-state index is 13.4. The molecule has 10 heteroatoms. The van der Waals surface area contributed by atoms with Crippen LogP contribution in [0.4, 0.5) is 5.95 Å². The second kappa shape index (κ2) is 17.4. The summed E-state index contributed by atoms with van der Waals surface area (Å²) in [5.74, 6) is 0.644. The first-order valence-corrected chi connectivity index (χ1v) is 19.8. The second-order valence-corrected chi connectivity index (χ2v) is 14.2. The average Bonchev–Trinajstić information content (AvgIpc) is 3.72. The van der Waals surface area contributed by atoms with E-state index in [9.17, 15) is 9.59 Å². The van der Waals surface area contributed by atoms with Gasteiger partial charge in [0, 0.05) is 29.3 Å². The Kier molecular flexibility index (Phi) is 11.8. The molecule has 0 saturated heterocycles. The number of aryl methyl sites for hydroxylation is 1. The van der Waals surface area contributed by atoms with Crippen LogP contribution in [0.1, 0.15) is 66.1 Å². The SMILES string of the molecule is CCCCc1nc(NC(=O)CCCBr)[nH]c(=O)c1Cc1ccc(-c2ccccc2-c2nnnn2C(c2ccccc2)(c2ccccc2)c2ccccc2)cc1. The smallest absolute Gasteiger partial charge is 0.256 e. The Morgan fingerprint density at radius 1 is 0.764 bits per heavy atom. The lowest BCUT2D eigenvalue weighted by atomic mass is 9.77. The van der Waals surface area contributed by atoms with Gasteiger partial charge in [0.1, 0.15) is 5.54 Å². The predicted octanol–water partition coefficient (Wildman–Crippen LogP) is 8.98. The number of hydrogen-bond donors (Lipinski definition) is 2. The first kappa shape index (κ1) is 37.3. The van der Waals surface area contributed by atoms with Crippen LogP contribution in [0.15, 0.2) is 144 Å². The fourth-order valence-electron chi connectivity index (χ4n) is 7.18. The molecule has 5 aromatic carbocycles. The Morgan fingerprint density at radius 3 is 1.93 bits per heavy atom. The number of hydrogen-bond acceptors (Lipinski definition) is 6. The maximum Gasteiger partial charge on any atom is 0.256 e. The van der Waals surface area contributed by atoms with Crippen molar-refractivity contribution in [3.63, 3.8) is 0 Å². The highest BCUT2D eigenvalue weighted by Crippen LogP contribution is 2.43. The molecule has 0 unspecified atom stereocenters. The third-order valence-electron chi connectivity index (χ3n) is 9.84. The monoisotopic (exact) mass is 791 g/mol. The summed E-state index contributed by atoms with van der Waals surface area (Å²) in [7, 11) is 0. The van der Waals surface area contributed by atoms with Crippen LogP contribution in [0.3, 0.4) is 0 Å². The molecule has 0 bridgehead atoms. The molecule has 0 aliphatic heterocycles. The van der Waals surface area contributed by atoms with Gasteiger partial charge in [0.15, 0.2) is 5.82 Å². The van der Waals surface area contributed by atoms with Crippen molar-refractivity contribution in [2.75, 3.05) is 10.6 Å². The van der Waals surface area contributed by atoms with Gasteiger partial charge in [0.05, 0.1) is 5.69 Å². The van der Waals surface area contributed by atoms with Crippen molar-refractivity contribution in [1.82, 2.24) is 30.2 Å². The zero-order valence-electron chi connectivity index (χ0n) is 30.7. The number of halogens is 1. The van der Waals surface area contributed by atoms with Gasteiger partial charge in [-0.3, -0.25) is 19.9 Å². The van der Waals surface area contributed by atoms with E-state index in [1.807, 2.05) is 71.4 Å². The van der Waals surface area contributed by atoms with Crippen LogP contribution < -0.4 is 10.9 Å². The number of amides is 1. The molecule has 7 aromatic rings. The van der Waals surface area contributed by atoms with E-state index in [2.05, 4.69) is 111 Å². The highest BCUT2D eigenvalue weighted by Gasteiger charge is 2.42. The van der Waals surface area contributed by atoms with Crippen molar-refractivity contribution in [3.8, 4) is 22.5 Å². The van der Waals surface area contributed by atoms with E-state index in [0.29, 0.717) is 42.8 Å². The topological polar surface area (TPSA) is 118 Å². The van der Waals surface area contributed by atoms with Crippen LogP contribution in [0.2, 0.25) is 0 Å². The van der Waals surface area contributed by atoms with Crippen LogP contribution in [-0.4, -0.2) is 41.4 Å². The number of nitrogens with one attached hydrogen (secondary N) is 2. The van der Waals surface area contributed by atoms with Gasteiger partial charge in [0.25, 0.3) is 5.56 Å². The van der Waals surface area contributed by atoms with Crippen molar-refractivity contribution in [2.45, 2.75) is 51.0 Å². The van der Waals surface area contributed by atoms with Crippen molar-refractivity contribution in [1.29, 1.82) is 0 Å². The van der Waals surface area contributed by atoms with Gasteiger partial charge in [-0.15, -0.1) is 5.10 Å². The van der Waals surface area contributed by atoms with Crippen LogP contribution >= 0.6 is 15.9 Å². The summed E-state index contributed by atoms with van der Waals surface area (Å²) in [4.78, 5) is 33.3. The third kappa shape index (κ3) is 7.95. The minimum Gasteiger partial charge on any atom is -0.296 e. The van der Waals surface area contributed by atoms with Crippen LogP contribution in [0.25, 0.3) is 22.5 Å². The number of unbranched alkanes of at least 4 members (excludes halogenated alkanes) is 1. The molecule has 7 rings (SSSR count). The van der Waals surface area contributed by atoms with E-state index in [-0.39, 0.29) is 17.4 Å². The fourth-order valence-corrected chi connectivity index (χ4v) is 7.46. The lowest BCUT2D eigenvalue weighted by molar-refractivity contribution is -0.116. The van der Waals surface area contributed by atoms with Crippen molar-refractivity contribution in [2.24, 2.45) is 0 Å². The lowest BCUT2D eigenvalue weighted by Crippen LogP contribution is -2.39. The zero-order valence-corrected chi connectivity index (χ0v) is 32.2. The number of carbonyl (C=O) groups excluding carboxylic acids is 1. The summed E-state index contributed by atoms with van der Waals surface area (Å²) >= 11 is 3.36. The Hall–Kier alpha value is -6.00. The molecule has 55 heavy (non-hydrogen) atoms. The Bertz CT molecular complexity index is 2300. The summed E-state index contributed by atoms with van der Waals surface area (Å²) in [5.41, 5.74) is 7.07. The van der Waals surface area contributed by atoms with E-state index in [1.165, 1.54) is 0 Å². The van der Waals surface area contributed by atoms with E-state index >= 15 is 0 Å². The van der Waals surface area contributed by atoms with E-state index in [1.54, 1.807) is 0 Å². The standard InChI is InChI=1S/C45H42BrN7O2/c1-2-3-24-40-39(43(55)49-44(47-40)48-41(54)25-15-30-46)31-32-26-28-33(29-27-32)37-22-13-14-23-38(37)42-50-51-52-53(42)45(34-16-7-4-8-17-34,35-18-9-5-10-19-35)36-20-11-6-12-21-36/h4-14,16-23,26-29H,2-3,15,24-25,30-31H2,1H3,(H2,47,48,49,54,55). The number of nitrogens with zero attached hydrogens (tertiary/aromatic N) is 5. The lowest BCUT2D eigenvalue weighted by Gasteiger charge is -2.36. The molecule has 2 aromatic heterocycles. The molecule has 2 N–H and O–H groups in total. The number of alkyl halides is 1. The molecular weight excluding hydrogens is 750 g/mol. The largest absolute Gasteiger partial charge is 0.296 e. The predicted molar refractivity (Wildman–Crippen MR) is 221 cm³/mol. The van der Waals surface area contributed by atoms with Gasteiger partial charge in [-0.2, -0.15) is 0 Å². The number of carbonyl (C=O) groups is 1. The van der Waals surface area contributed by atoms with Crippen molar-refractivity contribution < 1.29 is 4.79 Å². The molecule has 0 aliphatic carbocycles. The van der Waals surface area contributed by atoms with Gasteiger partial charge in [-0.25, -0.2) is 9.67 Å². The molecule has 9 nitrogen and oxygen atoms in total. The summed E-state index contributed by atoms with van der Waals surface area (Å²) in [5, 5.41) is 17.3. The fraction of sp³-hybridized carbons (Fsp3) is 0.200. The molecule has 0 saturated carbocycles. The molecule has 0 aliphatic rings. The van der Waals surface area contributed by atoms with Gasteiger partial charge in [0.2, 0.25) is 11.9 Å². The van der Waals surface area contributed by atoms with Gasteiger partial charge in [-0.1, -0.05) is 169 Å². The van der Waals surface area contributed by atoms with E-state index < -0.39 is 5.54 Å². The van der Waals surface area contributed by atoms with Crippen LogP contribution in [-0.2, 0) is 23.2 Å². The summed E-state index contributed by atoms with van der Waals surface area (Å²) in [6.07, 6.45) is 3.95. The maximum atomic E-state index is 13.4. The molecule has 0 fully saturated rings. The average molecular weight is 793 g/mol. The molecule has 0 spiro atoms. The Morgan fingerprint density at radius 2 is 1.35 bits per heavy atom. The second-order valence-electron chi connectivity index (χ2n) is 13.4. The summed E-state index contributed by atoms with van der Waals surface area (Å²) < 4.78 is 1.95. The Labute approximate surface area is 329 Å². The van der Waals surface area contributed by atoms with E-state index in [0.717, 1.165) is 57.1 Å². The number of tetrazole rings is 1. The highest BCUT2D eigenvalue weighted by atomic mass is 79.9. The van der Waals surface area contributed by atoms with Crippen LogP contribution in [0.5, 0.6) is 0 Å². The number of anilines is 1. The number of aromatic amines is 1. The molecule has 1 amide bonds. The number of rotatable bonds is 15. The highest BCUT2D eigenvalue weighted by molar-refractivity contribution is 9.09. The quantitative estimate of drug-likeness (QED) is 0.0791. The minimum atomic E-state index is -0.887. The first-order chi connectivity index (χ1) is 27.0. The molecule has 2 heterocycles. The normalized spacial score (nSPS) is 11.4. The van der Waals surface area contributed by atoms with Crippen LogP contribution in [0, 0.1) is 0 Å². The van der Waals surface area contributed by atoms with E-state index in [4.69, 9.17) is 15.3 Å². The van der Waals surface area contributed by atoms with Gasteiger partial charge in [-0.05, 0) is 63.1 Å². The molecular formula is C45H42BrN7O2. The minimum absolute atomic E-state index is 0.174. The van der Waals surface area contributed by atoms with Gasteiger partial charge < -0.3 is 0 Å². The summed E-state index contributed by atoms with van der Waals surface area (Å²) in [6.45, 7) is 2.11. The molecule has 0 radical (unpaired) electrons. The zero-order chi connectivity index (χ0) is 38.0. The third-order valence-corrected chi connectivity index (χ3v) is 10.4. The number of H-pyrrole nitrogens is 1. The Balaban J connectivity index is 1.27. The first-order valence-electron chi connectivity index (χ1n) is 18.6. The van der Waals surface area contributed by atoms with Crippen molar-refractivity contribution >= 4 is 27.8 Å².